The summed E-state index contributed by atoms with van der Waals surface area (Å²) in [5.74, 6) is -6.92. The number of likely N-dealkylation sites (N-methyl/N-ethyl adjacent to an activating group) is 1. The molecular formula is C35H41N5O7. The number of nitrogens with two attached hydrogens (primary N) is 1. The lowest BCUT2D eigenvalue weighted by Gasteiger charge is -2.46. The summed E-state index contributed by atoms with van der Waals surface area (Å²) in [6.07, 6.45) is 0.518. The van der Waals surface area contributed by atoms with E-state index >= 15 is 0 Å². The van der Waals surface area contributed by atoms with E-state index in [2.05, 4.69) is 34.5 Å². The zero-order valence-electron chi connectivity index (χ0n) is 27.2. The SMILES string of the molecule is Cc1ccc(CN2CC(C(=O)Nc3cc(N(C)C)c4c(c3O)C(=O)C3=C(O)C5C(=O)C(C(N)=O)=C(O)[C@@H](N(C)C)[C@@H]5C[C@@H]3C4)C2)cc1. The molecule has 0 saturated carbocycles. The van der Waals surface area contributed by atoms with Crippen LogP contribution in [0, 0.1) is 30.6 Å². The molecule has 248 valence electrons. The third-order valence-electron chi connectivity index (χ3n) is 10.1. The van der Waals surface area contributed by atoms with Gasteiger partial charge in [0.25, 0.3) is 5.91 Å². The maximum Gasteiger partial charge on any atom is 0.255 e. The van der Waals surface area contributed by atoms with Gasteiger partial charge in [-0.05, 0) is 62.9 Å². The Morgan fingerprint density at radius 3 is 2.28 bits per heavy atom. The molecule has 0 radical (unpaired) electrons. The number of phenols is 1. The van der Waals surface area contributed by atoms with Crippen molar-refractivity contribution in [1.29, 1.82) is 0 Å². The summed E-state index contributed by atoms with van der Waals surface area (Å²) >= 11 is 0. The monoisotopic (exact) mass is 643 g/mol. The van der Waals surface area contributed by atoms with Crippen molar-refractivity contribution in [3.8, 4) is 5.75 Å². The second kappa shape index (κ2) is 11.8. The number of likely N-dealkylation sites (tertiary alicyclic amines) is 1. The molecule has 2 aromatic carbocycles. The smallest absolute Gasteiger partial charge is 0.255 e. The lowest BCUT2D eigenvalue weighted by Crippen LogP contribution is -2.53. The van der Waals surface area contributed by atoms with Gasteiger partial charge in [0.1, 0.15) is 17.1 Å². The van der Waals surface area contributed by atoms with Gasteiger partial charge in [0.15, 0.2) is 17.3 Å². The molecule has 1 aliphatic heterocycles. The number of amides is 2. The van der Waals surface area contributed by atoms with Gasteiger partial charge < -0.3 is 31.3 Å². The number of carbonyl (C=O) groups excluding carboxylic acids is 4. The van der Waals surface area contributed by atoms with Crippen molar-refractivity contribution >= 4 is 34.8 Å². The number of primary amides is 1. The fourth-order valence-corrected chi connectivity index (χ4v) is 7.86. The Labute approximate surface area is 273 Å². The molecule has 2 amide bonds. The summed E-state index contributed by atoms with van der Waals surface area (Å²) < 4.78 is 0. The molecule has 1 heterocycles. The number of anilines is 2. The highest BCUT2D eigenvalue weighted by molar-refractivity contribution is 6.22. The number of Topliss-reactive ketones (excluding diaryl/α,β-unsaturated/α-hetero) is 2. The molecule has 47 heavy (non-hydrogen) atoms. The average Bonchev–Trinajstić information content (AvgIpc) is 2.96. The predicted molar refractivity (Wildman–Crippen MR) is 175 cm³/mol. The van der Waals surface area contributed by atoms with Gasteiger partial charge in [-0.2, -0.15) is 0 Å². The number of aryl methyl sites for hydroxylation is 1. The molecule has 1 saturated heterocycles. The predicted octanol–water partition coefficient (Wildman–Crippen LogP) is 2.45. The number of hydrogen-bond acceptors (Lipinski definition) is 10. The third kappa shape index (κ3) is 5.35. The standard InChI is InChI=1S/C35H41N5O7/c1-16-6-8-17(9-7-16)13-40-14-19(15-40)35(47)37-22-12-23(38(2)3)20-10-18-11-21-26(31(43)24(18)30(42)25(20)29(22)41)32(44)27(34(36)46)33(45)28(21)39(4)5/h6-9,12,18-19,21,26,28,41,43,45H,10-11,13-15H2,1-5H3,(H2,36,46)(H,37,47)/t18-,21+,26?,28-/m0/s1. The number of phenolic OH excluding ortho intramolecular Hbond substituents is 1. The summed E-state index contributed by atoms with van der Waals surface area (Å²) in [6.45, 7) is 3.86. The molecule has 4 atom stereocenters. The highest BCUT2D eigenvalue weighted by Crippen LogP contribution is 2.52. The van der Waals surface area contributed by atoms with Crippen molar-refractivity contribution < 1.29 is 34.5 Å². The number of allylic oxidation sites excluding steroid dienone is 2. The second-order valence-corrected chi connectivity index (χ2v) is 13.7. The summed E-state index contributed by atoms with van der Waals surface area (Å²) in [5, 5.41) is 36.9. The van der Waals surface area contributed by atoms with Crippen LogP contribution in [0.5, 0.6) is 5.75 Å². The van der Waals surface area contributed by atoms with Gasteiger partial charge in [-0.15, -0.1) is 0 Å². The normalized spacial score (nSPS) is 24.5. The number of aliphatic hydroxyl groups excluding tert-OH is 2. The van der Waals surface area contributed by atoms with Gasteiger partial charge in [0, 0.05) is 45.0 Å². The van der Waals surface area contributed by atoms with Gasteiger partial charge in [-0.3, -0.25) is 29.0 Å². The molecule has 0 aromatic heterocycles. The van der Waals surface area contributed by atoms with Crippen molar-refractivity contribution in [3.63, 3.8) is 0 Å². The summed E-state index contributed by atoms with van der Waals surface area (Å²) in [4.78, 5) is 58.8. The maximum absolute atomic E-state index is 14.2. The number of nitrogens with zero attached hydrogens (tertiary/aromatic N) is 3. The number of nitrogens with one attached hydrogen (secondary N) is 1. The number of rotatable bonds is 7. The number of aromatic hydroxyl groups is 1. The lowest BCUT2D eigenvalue weighted by molar-refractivity contribution is -0.127. The Balaban J connectivity index is 1.30. The van der Waals surface area contributed by atoms with Crippen LogP contribution in [0.2, 0.25) is 0 Å². The van der Waals surface area contributed by atoms with Crippen LogP contribution >= 0.6 is 0 Å². The first-order chi connectivity index (χ1) is 22.2. The highest BCUT2D eigenvalue weighted by atomic mass is 16.3. The van der Waals surface area contributed by atoms with Crippen LogP contribution in [0.4, 0.5) is 11.4 Å². The molecule has 2 aromatic rings. The van der Waals surface area contributed by atoms with Crippen molar-refractivity contribution in [3.05, 3.63) is 75.3 Å². The van der Waals surface area contributed by atoms with E-state index < -0.39 is 64.1 Å². The first kappa shape index (κ1) is 32.3. The Morgan fingerprint density at radius 2 is 1.68 bits per heavy atom. The van der Waals surface area contributed by atoms with E-state index in [9.17, 15) is 34.5 Å². The van der Waals surface area contributed by atoms with Crippen LogP contribution in [0.15, 0.2) is 53.0 Å². The average molecular weight is 644 g/mol. The van der Waals surface area contributed by atoms with Crippen LogP contribution in [0.3, 0.4) is 0 Å². The van der Waals surface area contributed by atoms with E-state index in [1.165, 1.54) is 5.56 Å². The molecule has 6 rings (SSSR count). The Bertz CT molecular complexity index is 1750. The summed E-state index contributed by atoms with van der Waals surface area (Å²) in [5.41, 5.74) is 8.43. The fraction of sp³-hybridized carbons (Fsp3) is 0.429. The minimum absolute atomic E-state index is 0.0101. The van der Waals surface area contributed by atoms with Crippen molar-refractivity contribution in [1.82, 2.24) is 9.80 Å². The molecule has 4 aliphatic rings. The Hall–Kier alpha value is -4.68. The quantitative estimate of drug-likeness (QED) is 0.223. The zero-order valence-corrected chi connectivity index (χ0v) is 27.2. The van der Waals surface area contributed by atoms with Crippen molar-refractivity contribution in [2.45, 2.75) is 32.4 Å². The van der Waals surface area contributed by atoms with E-state index in [1.54, 1.807) is 44.1 Å². The van der Waals surface area contributed by atoms with Gasteiger partial charge in [0.05, 0.1) is 29.1 Å². The number of carbonyl (C=O) groups is 4. The zero-order chi connectivity index (χ0) is 34.1. The molecule has 1 unspecified atom stereocenters. The lowest BCUT2D eigenvalue weighted by atomic mass is 9.61. The van der Waals surface area contributed by atoms with Crippen molar-refractivity contribution in [2.24, 2.45) is 29.4 Å². The Kier molecular flexibility index (Phi) is 8.13. The van der Waals surface area contributed by atoms with E-state index in [0.29, 0.717) is 24.3 Å². The molecule has 12 heteroatoms. The second-order valence-electron chi connectivity index (χ2n) is 13.7. The first-order valence-electron chi connectivity index (χ1n) is 15.8. The van der Waals surface area contributed by atoms with Crippen LogP contribution in [-0.4, -0.2) is 95.8 Å². The van der Waals surface area contributed by atoms with Gasteiger partial charge in [-0.1, -0.05) is 29.8 Å². The molecule has 0 spiro atoms. The first-order valence-corrected chi connectivity index (χ1v) is 15.8. The number of hydrogen-bond donors (Lipinski definition) is 5. The molecule has 6 N–H and O–H groups in total. The van der Waals surface area contributed by atoms with Crippen molar-refractivity contribution in [2.75, 3.05) is 51.5 Å². The van der Waals surface area contributed by atoms with Crippen LogP contribution in [0.25, 0.3) is 0 Å². The van der Waals surface area contributed by atoms with Crippen LogP contribution in [-0.2, 0) is 27.3 Å². The van der Waals surface area contributed by atoms with Crippen LogP contribution in [0.1, 0.15) is 33.5 Å². The van der Waals surface area contributed by atoms with Gasteiger partial charge in [-0.25, -0.2) is 0 Å². The van der Waals surface area contributed by atoms with Gasteiger partial charge >= 0.3 is 0 Å². The fourth-order valence-electron chi connectivity index (χ4n) is 7.86. The molecule has 1 fully saturated rings. The number of ketones is 2. The minimum Gasteiger partial charge on any atom is -0.511 e. The van der Waals surface area contributed by atoms with Gasteiger partial charge in [0.2, 0.25) is 5.91 Å². The minimum atomic E-state index is -1.27. The third-order valence-corrected chi connectivity index (χ3v) is 10.1. The van der Waals surface area contributed by atoms with Crippen LogP contribution < -0.4 is 16.0 Å². The molecule has 12 nitrogen and oxygen atoms in total. The number of aliphatic hydroxyl groups is 2. The largest absolute Gasteiger partial charge is 0.511 e. The molecule has 0 bridgehead atoms. The summed E-state index contributed by atoms with van der Waals surface area (Å²) in [6, 6.07) is 9.11. The molecule has 3 aliphatic carbocycles. The van der Waals surface area contributed by atoms with E-state index in [1.807, 2.05) is 6.92 Å². The van der Waals surface area contributed by atoms with E-state index in [4.69, 9.17) is 5.73 Å². The number of fused-ring (bicyclic) bond motifs is 3. The Morgan fingerprint density at radius 1 is 1.02 bits per heavy atom. The number of benzene rings is 2. The van der Waals surface area contributed by atoms with E-state index in [-0.39, 0.29) is 41.5 Å². The topological polar surface area (TPSA) is 177 Å². The highest BCUT2D eigenvalue weighted by Gasteiger charge is 2.54. The molecular weight excluding hydrogens is 602 g/mol. The summed E-state index contributed by atoms with van der Waals surface area (Å²) in [7, 11) is 6.97. The van der Waals surface area contributed by atoms with E-state index in [0.717, 1.165) is 12.1 Å². The maximum atomic E-state index is 14.2.